The Balaban J connectivity index is 2.31. The first kappa shape index (κ1) is 10.3. The third-order valence-electron chi connectivity index (χ3n) is 2.74. The first-order valence-electron chi connectivity index (χ1n) is 5.39. The fraction of sp³-hybridized carbons (Fsp3) is 0. The third-order valence-corrected chi connectivity index (χ3v) is 2.74. The second-order valence-electron chi connectivity index (χ2n) is 3.87. The molecule has 0 fully saturated rings. The predicted molar refractivity (Wildman–Crippen MR) is 68.5 cm³/mol. The van der Waals surface area contributed by atoms with Crippen molar-refractivity contribution < 1.29 is 0 Å². The zero-order valence-corrected chi connectivity index (χ0v) is 9.38. The molecule has 5 heteroatoms. The minimum Gasteiger partial charge on any atom is -0.383 e. The average Bonchev–Trinajstić information content (AvgIpc) is 2.81. The monoisotopic (exact) mass is 235 g/mol. The van der Waals surface area contributed by atoms with Crippen LogP contribution in [0.1, 0.15) is 5.56 Å². The summed E-state index contributed by atoms with van der Waals surface area (Å²) in [6.07, 6.45) is 0. The van der Waals surface area contributed by atoms with E-state index in [2.05, 4.69) is 21.3 Å². The summed E-state index contributed by atoms with van der Waals surface area (Å²) in [4.78, 5) is 4.40. The van der Waals surface area contributed by atoms with Crippen LogP contribution in [0.25, 0.3) is 22.3 Å². The number of aromatic amines is 1. The lowest BCUT2D eigenvalue weighted by Crippen LogP contribution is -1.90. The highest BCUT2D eigenvalue weighted by Gasteiger charge is 2.12. The Morgan fingerprint density at radius 3 is 2.72 bits per heavy atom. The Hall–Kier alpha value is -2.87. The number of aromatic nitrogens is 3. The van der Waals surface area contributed by atoms with Crippen molar-refractivity contribution in [2.45, 2.75) is 0 Å². The van der Waals surface area contributed by atoms with Gasteiger partial charge in [-0.2, -0.15) is 10.4 Å². The van der Waals surface area contributed by atoms with Gasteiger partial charge in [0.25, 0.3) is 0 Å². The predicted octanol–water partition coefficient (Wildman–Crippen LogP) is 2.08. The van der Waals surface area contributed by atoms with Gasteiger partial charge in [0.05, 0.1) is 16.6 Å². The number of nitrogens with one attached hydrogen (secondary N) is 1. The molecule has 0 radical (unpaired) electrons. The van der Waals surface area contributed by atoms with Gasteiger partial charge in [-0.1, -0.05) is 30.3 Å². The van der Waals surface area contributed by atoms with Crippen LogP contribution in [0.15, 0.2) is 36.4 Å². The minimum absolute atomic E-state index is 0.369. The molecule has 0 bridgehead atoms. The Bertz CT molecular complexity index is 752. The van der Waals surface area contributed by atoms with Crippen molar-refractivity contribution >= 4 is 16.9 Å². The highest BCUT2D eigenvalue weighted by atomic mass is 15.2. The molecule has 18 heavy (non-hydrogen) atoms. The number of rotatable bonds is 1. The molecule has 3 aromatic rings. The van der Waals surface area contributed by atoms with Gasteiger partial charge in [0.2, 0.25) is 0 Å². The largest absolute Gasteiger partial charge is 0.383 e. The Labute approximate surface area is 103 Å². The standard InChI is InChI=1S/C13H9N5/c14-7-9-6-10(8-4-2-1-3-5-8)16-13-11(9)12(15)17-18-13/h1-6H,(H3,15,16,17,18). The summed E-state index contributed by atoms with van der Waals surface area (Å²) >= 11 is 0. The van der Waals surface area contributed by atoms with E-state index in [9.17, 15) is 5.26 Å². The van der Waals surface area contributed by atoms with Crippen LogP contribution in [0.3, 0.4) is 0 Å². The van der Waals surface area contributed by atoms with E-state index in [1.165, 1.54) is 0 Å². The topological polar surface area (TPSA) is 91.4 Å². The van der Waals surface area contributed by atoms with E-state index in [4.69, 9.17) is 5.73 Å². The van der Waals surface area contributed by atoms with Crippen LogP contribution in [0.5, 0.6) is 0 Å². The first-order chi connectivity index (χ1) is 8.79. The molecule has 3 rings (SSSR count). The van der Waals surface area contributed by atoms with E-state index in [0.717, 1.165) is 5.56 Å². The third kappa shape index (κ3) is 1.48. The average molecular weight is 235 g/mol. The molecule has 5 nitrogen and oxygen atoms in total. The van der Waals surface area contributed by atoms with Crippen molar-refractivity contribution in [1.29, 1.82) is 5.26 Å². The van der Waals surface area contributed by atoms with Crippen molar-refractivity contribution in [2.75, 3.05) is 5.73 Å². The summed E-state index contributed by atoms with van der Waals surface area (Å²) in [5.74, 6) is 0.369. The summed E-state index contributed by atoms with van der Waals surface area (Å²) in [6.45, 7) is 0. The van der Waals surface area contributed by atoms with Gasteiger partial charge in [0, 0.05) is 5.56 Å². The Morgan fingerprint density at radius 2 is 2.00 bits per heavy atom. The maximum absolute atomic E-state index is 9.17. The zero-order valence-electron chi connectivity index (χ0n) is 9.38. The molecule has 86 valence electrons. The molecule has 0 amide bonds. The van der Waals surface area contributed by atoms with Crippen LogP contribution in [0.2, 0.25) is 0 Å². The lowest BCUT2D eigenvalue weighted by molar-refractivity contribution is 1.10. The molecule has 0 aliphatic heterocycles. The molecule has 3 N–H and O–H groups in total. The lowest BCUT2D eigenvalue weighted by Gasteiger charge is -2.01. The lowest BCUT2D eigenvalue weighted by atomic mass is 10.1. The summed E-state index contributed by atoms with van der Waals surface area (Å²) in [5, 5.41) is 16.4. The number of H-pyrrole nitrogens is 1. The van der Waals surface area contributed by atoms with Crippen LogP contribution < -0.4 is 5.73 Å². The fourth-order valence-corrected chi connectivity index (χ4v) is 1.89. The Morgan fingerprint density at radius 1 is 1.22 bits per heavy atom. The van der Waals surface area contributed by atoms with E-state index in [-0.39, 0.29) is 0 Å². The molecule has 0 saturated carbocycles. The number of pyridine rings is 1. The molecule has 2 aromatic heterocycles. The maximum atomic E-state index is 9.17. The van der Waals surface area contributed by atoms with Gasteiger partial charge in [0.1, 0.15) is 11.9 Å². The first-order valence-corrected chi connectivity index (χ1v) is 5.39. The van der Waals surface area contributed by atoms with E-state index >= 15 is 0 Å². The number of nitrogen functional groups attached to an aromatic ring is 1. The highest BCUT2D eigenvalue weighted by Crippen LogP contribution is 2.26. The molecule has 0 unspecified atom stereocenters. The summed E-state index contributed by atoms with van der Waals surface area (Å²) < 4.78 is 0. The molecule has 0 aliphatic carbocycles. The number of benzene rings is 1. The molecule has 1 aromatic carbocycles. The number of fused-ring (bicyclic) bond motifs is 1. The van der Waals surface area contributed by atoms with Gasteiger partial charge in [-0.05, 0) is 6.07 Å². The second-order valence-corrected chi connectivity index (χ2v) is 3.87. The number of hydrogen-bond acceptors (Lipinski definition) is 4. The van der Waals surface area contributed by atoms with Crippen LogP contribution >= 0.6 is 0 Å². The van der Waals surface area contributed by atoms with E-state index in [1.807, 2.05) is 30.3 Å². The van der Waals surface area contributed by atoms with Crippen molar-refractivity contribution in [3.05, 3.63) is 42.0 Å². The number of nitriles is 1. The van der Waals surface area contributed by atoms with Crippen LogP contribution in [0, 0.1) is 11.3 Å². The molecule has 2 heterocycles. The molecule has 0 aliphatic rings. The van der Waals surface area contributed by atoms with Crippen LogP contribution in [0.4, 0.5) is 5.82 Å². The van der Waals surface area contributed by atoms with Crippen molar-refractivity contribution in [3.63, 3.8) is 0 Å². The fourth-order valence-electron chi connectivity index (χ4n) is 1.89. The highest BCUT2D eigenvalue weighted by molar-refractivity contribution is 5.93. The van der Waals surface area contributed by atoms with Gasteiger partial charge >= 0.3 is 0 Å². The zero-order chi connectivity index (χ0) is 12.5. The number of hydrogen-bond donors (Lipinski definition) is 2. The summed E-state index contributed by atoms with van der Waals surface area (Å²) in [5.41, 5.74) is 8.33. The van der Waals surface area contributed by atoms with Crippen molar-refractivity contribution in [3.8, 4) is 17.3 Å². The van der Waals surface area contributed by atoms with Gasteiger partial charge < -0.3 is 5.73 Å². The van der Waals surface area contributed by atoms with E-state index < -0.39 is 0 Å². The van der Waals surface area contributed by atoms with Gasteiger partial charge in [-0.3, -0.25) is 5.10 Å². The number of anilines is 1. The van der Waals surface area contributed by atoms with Gasteiger partial charge in [-0.25, -0.2) is 4.98 Å². The molecule has 0 spiro atoms. The summed E-state index contributed by atoms with van der Waals surface area (Å²) in [6, 6.07) is 13.5. The molecule has 0 saturated heterocycles. The second kappa shape index (κ2) is 3.86. The quantitative estimate of drug-likeness (QED) is 0.675. The van der Waals surface area contributed by atoms with E-state index in [0.29, 0.717) is 28.1 Å². The van der Waals surface area contributed by atoms with Gasteiger partial charge in [0.15, 0.2) is 5.65 Å². The SMILES string of the molecule is N#Cc1cc(-c2ccccc2)nc2n[nH]c(N)c12. The summed E-state index contributed by atoms with van der Waals surface area (Å²) in [7, 11) is 0. The number of nitrogens with two attached hydrogens (primary N) is 1. The minimum atomic E-state index is 0.369. The van der Waals surface area contributed by atoms with Gasteiger partial charge in [-0.15, -0.1) is 0 Å². The smallest absolute Gasteiger partial charge is 0.185 e. The van der Waals surface area contributed by atoms with Crippen LogP contribution in [-0.4, -0.2) is 15.2 Å². The van der Waals surface area contributed by atoms with E-state index in [1.54, 1.807) is 6.07 Å². The van der Waals surface area contributed by atoms with Crippen LogP contribution in [-0.2, 0) is 0 Å². The molecular weight excluding hydrogens is 226 g/mol. The van der Waals surface area contributed by atoms with Crippen molar-refractivity contribution in [1.82, 2.24) is 15.2 Å². The Kier molecular flexibility index (Phi) is 2.21. The maximum Gasteiger partial charge on any atom is 0.185 e. The molecular formula is C13H9N5. The normalized spacial score (nSPS) is 10.4. The number of nitrogens with zero attached hydrogens (tertiary/aromatic N) is 3. The molecule has 0 atom stereocenters. The van der Waals surface area contributed by atoms with Crippen molar-refractivity contribution in [2.24, 2.45) is 0 Å².